The van der Waals surface area contributed by atoms with Crippen molar-refractivity contribution in [1.29, 1.82) is 0 Å². The Balaban J connectivity index is 1.77. The number of hydrogen-bond donors (Lipinski definition) is 0. The van der Waals surface area contributed by atoms with Crippen LogP contribution >= 0.6 is 0 Å². The lowest BCUT2D eigenvalue weighted by Crippen LogP contribution is -1.94. The van der Waals surface area contributed by atoms with Crippen LogP contribution in [0.1, 0.15) is 11.3 Å². The zero-order valence-electron chi connectivity index (χ0n) is 14.3. The number of rotatable bonds is 4. The van der Waals surface area contributed by atoms with Gasteiger partial charge in [-0.1, -0.05) is 54.6 Å². The average molecular weight is 353 g/mol. The van der Waals surface area contributed by atoms with Crippen molar-refractivity contribution in [1.82, 2.24) is 9.97 Å². The monoisotopic (exact) mass is 353 g/mol. The molecule has 0 spiro atoms. The third-order valence-electron chi connectivity index (χ3n) is 4.20. The van der Waals surface area contributed by atoms with Crippen molar-refractivity contribution >= 4 is 28.7 Å². The minimum Gasteiger partial charge on any atom is -0.258 e. The summed E-state index contributed by atoms with van der Waals surface area (Å²) < 4.78 is 0. The summed E-state index contributed by atoms with van der Waals surface area (Å²) in [4.78, 5) is 19.8. The minimum absolute atomic E-state index is 0.0750. The second-order valence-corrected chi connectivity index (χ2v) is 6.00. The van der Waals surface area contributed by atoms with Gasteiger partial charge in [0.2, 0.25) is 0 Å². The smallest absolute Gasteiger partial charge is 0.258 e. The molecule has 0 amide bonds. The van der Waals surface area contributed by atoms with Crippen molar-refractivity contribution in [3.8, 4) is 11.4 Å². The fourth-order valence-corrected chi connectivity index (χ4v) is 2.83. The molecule has 4 aromatic rings. The quantitative estimate of drug-likeness (QED) is 0.365. The molecule has 1 aromatic heterocycles. The maximum Gasteiger partial charge on any atom is 0.269 e. The summed E-state index contributed by atoms with van der Waals surface area (Å²) in [5.74, 6) is 0.664. The van der Waals surface area contributed by atoms with Crippen LogP contribution in [-0.4, -0.2) is 14.9 Å². The SMILES string of the molecule is O=[N+]([O-])c1ccc(/C=C/c2nc(-c3ccccc3)nc3ccccc23)cc1. The van der Waals surface area contributed by atoms with E-state index < -0.39 is 4.92 Å². The minimum atomic E-state index is -0.405. The predicted octanol–water partition coefficient (Wildman–Crippen LogP) is 5.38. The summed E-state index contributed by atoms with van der Waals surface area (Å²) in [6.45, 7) is 0. The van der Waals surface area contributed by atoms with Crippen LogP contribution in [0.4, 0.5) is 5.69 Å². The van der Waals surface area contributed by atoms with E-state index in [0.717, 1.165) is 27.7 Å². The first-order valence-electron chi connectivity index (χ1n) is 8.45. The molecule has 5 heteroatoms. The van der Waals surface area contributed by atoms with Crippen molar-refractivity contribution in [2.75, 3.05) is 0 Å². The largest absolute Gasteiger partial charge is 0.269 e. The standard InChI is InChI=1S/C22H15N3O2/c26-25(27)18-13-10-16(11-14-18)12-15-21-19-8-4-5-9-20(19)23-22(24-21)17-6-2-1-3-7-17/h1-15H/b15-12+. The number of nitro benzene ring substituents is 1. The number of nitro groups is 1. The summed E-state index contributed by atoms with van der Waals surface area (Å²) in [5.41, 5.74) is 3.57. The predicted molar refractivity (Wildman–Crippen MR) is 107 cm³/mol. The van der Waals surface area contributed by atoms with Crippen molar-refractivity contribution in [3.05, 3.63) is 100 Å². The average Bonchev–Trinajstić information content (AvgIpc) is 2.72. The number of hydrogen-bond acceptors (Lipinski definition) is 4. The zero-order valence-corrected chi connectivity index (χ0v) is 14.3. The molecule has 1 heterocycles. The maximum absolute atomic E-state index is 10.8. The van der Waals surface area contributed by atoms with Gasteiger partial charge in [-0.2, -0.15) is 0 Å². The van der Waals surface area contributed by atoms with Crippen LogP contribution in [0, 0.1) is 10.1 Å². The van der Waals surface area contributed by atoms with Gasteiger partial charge in [-0.05, 0) is 29.8 Å². The van der Waals surface area contributed by atoms with Gasteiger partial charge in [-0.15, -0.1) is 0 Å². The Morgan fingerprint density at radius 2 is 1.48 bits per heavy atom. The van der Waals surface area contributed by atoms with E-state index in [2.05, 4.69) is 4.98 Å². The second-order valence-electron chi connectivity index (χ2n) is 6.00. The molecule has 0 N–H and O–H groups in total. The molecule has 3 aromatic carbocycles. The van der Waals surface area contributed by atoms with E-state index in [-0.39, 0.29) is 5.69 Å². The molecule has 0 saturated carbocycles. The molecule has 0 fully saturated rings. The van der Waals surface area contributed by atoms with E-state index >= 15 is 0 Å². The highest BCUT2D eigenvalue weighted by Crippen LogP contribution is 2.23. The molecular weight excluding hydrogens is 338 g/mol. The number of para-hydroxylation sites is 1. The molecule has 0 aliphatic rings. The fraction of sp³-hybridized carbons (Fsp3) is 0. The van der Waals surface area contributed by atoms with Gasteiger partial charge in [0.1, 0.15) is 0 Å². The van der Waals surface area contributed by atoms with E-state index in [1.807, 2.05) is 66.7 Å². The summed E-state index contributed by atoms with van der Waals surface area (Å²) in [7, 11) is 0. The van der Waals surface area contributed by atoms with Gasteiger partial charge in [-0.3, -0.25) is 10.1 Å². The molecule has 0 atom stereocenters. The summed E-state index contributed by atoms with van der Waals surface area (Å²) in [6.07, 6.45) is 3.81. The Kier molecular flexibility index (Phi) is 4.41. The number of fused-ring (bicyclic) bond motifs is 1. The van der Waals surface area contributed by atoms with Crippen molar-refractivity contribution < 1.29 is 4.92 Å². The lowest BCUT2D eigenvalue weighted by atomic mass is 10.1. The van der Waals surface area contributed by atoms with Crippen LogP contribution in [0.25, 0.3) is 34.4 Å². The molecule has 4 rings (SSSR count). The van der Waals surface area contributed by atoms with Gasteiger partial charge in [-0.25, -0.2) is 9.97 Å². The second kappa shape index (κ2) is 7.17. The number of benzene rings is 3. The van der Waals surface area contributed by atoms with Crippen molar-refractivity contribution in [2.24, 2.45) is 0 Å². The van der Waals surface area contributed by atoms with Gasteiger partial charge in [0.25, 0.3) is 5.69 Å². The highest BCUT2D eigenvalue weighted by atomic mass is 16.6. The molecule has 0 aliphatic carbocycles. The molecule has 5 nitrogen and oxygen atoms in total. The summed E-state index contributed by atoms with van der Waals surface area (Å²) in [5, 5.41) is 11.7. The van der Waals surface area contributed by atoms with Gasteiger partial charge in [0.05, 0.1) is 16.1 Å². The van der Waals surface area contributed by atoms with E-state index in [1.54, 1.807) is 12.1 Å². The normalized spacial score (nSPS) is 11.1. The van der Waals surface area contributed by atoms with Gasteiger partial charge in [0, 0.05) is 23.1 Å². The van der Waals surface area contributed by atoms with Crippen LogP contribution < -0.4 is 0 Å². The van der Waals surface area contributed by atoms with Crippen LogP contribution in [-0.2, 0) is 0 Å². The van der Waals surface area contributed by atoms with E-state index in [9.17, 15) is 10.1 Å². The lowest BCUT2D eigenvalue weighted by Gasteiger charge is -2.06. The third kappa shape index (κ3) is 3.57. The fourth-order valence-electron chi connectivity index (χ4n) is 2.83. The Bertz CT molecular complexity index is 1140. The molecule has 27 heavy (non-hydrogen) atoms. The topological polar surface area (TPSA) is 68.9 Å². The Labute approximate surface area is 155 Å². The summed E-state index contributed by atoms with van der Waals surface area (Å²) >= 11 is 0. The molecule has 0 unspecified atom stereocenters. The summed E-state index contributed by atoms with van der Waals surface area (Å²) in [6, 6.07) is 24.1. The Morgan fingerprint density at radius 1 is 0.778 bits per heavy atom. The third-order valence-corrected chi connectivity index (χ3v) is 4.20. The molecule has 130 valence electrons. The van der Waals surface area contributed by atoms with Gasteiger partial charge >= 0.3 is 0 Å². The van der Waals surface area contributed by atoms with Crippen LogP contribution in [0.2, 0.25) is 0 Å². The number of non-ortho nitro benzene ring substituents is 1. The zero-order chi connectivity index (χ0) is 18.6. The highest BCUT2D eigenvalue weighted by Gasteiger charge is 2.07. The molecule has 0 bridgehead atoms. The Hall–Kier alpha value is -3.86. The first-order valence-corrected chi connectivity index (χ1v) is 8.45. The number of aromatic nitrogens is 2. The maximum atomic E-state index is 10.8. The molecule has 0 radical (unpaired) electrons. The van der Waals surface area contributed by atoms with Crippen LogP contribution in [0.5, 0.6) is 0 Å². The molecule has 0 aliphatic heterocycles. The first kappa shape index (κ1) is 16.6. The highest BCUT2D eigenvalue weighted by molar-refractivity contribution is 5.90. The van der Waals surface area contributed by atoms with E-state index in [4.69, 9.17) is 4.98 Å². The Morgan fingerprint density at radius 3 is 2.22 bits per heavy atom. The van der Waals surface area contributed by atoms with Crippen molar-refractivity contribution in [2.45, 2.75) is 0 Å². The first-order chi connectivity index (χ1) is 13.2. The van der Waals surface area contributed by atoms with Crippen molar-refractivity contribution in [3.63, 3.8) is 0 Å². The van der Waals surface area contributed by atoms with Gasteiger partial charge < -0.3 is 0 Å². The molecular formula is C22H15N3O2. The van der Waals surface area contributed by atoms with E-state index in [0.29, 0.717) is 5.82 Å². The lowest BCUT2D eigenvalue weighted by molar-refractivity contribution is -0.384. The molecule has 0 saturated heterocycles. The number of nitrogens with zero attached hydrogens (tertiary/aromatic N) is 3. The van der Waals surface area contributed by atoms with E-state index in [1.165, 1.54) is 12.1 Å². The van der Waals surface area contributed by atoms with Gasteiger partial charge in [0.15, 0.2) is 5.82 Å². The van der Waals surface area contributed by atoms with Crippen LogP contribution in [0.3, 0.4) is 0 Å². The van der Waals surface area contributed by atoms with Crippen LogP contribution in [0.15, 0.2) is 78.9 Å².